The summed E-state index contributed by atoms with van der Waals surface area (Å²) in [5.74, 6) is -0.127. The van der Waals surface area contributed by atoms with E-state index in [1.807, 2.05) is 38.1 Å². The summed E-state index contributed by atoms with van der Waals surface area (Å²) in [6, 6.07) is 11.3. The Morgan fingerprint density at radius 2 is 1.75 bits per heavy atom. The van der Waals surface area contributed by atoms with E-state index in [4.69, 9.17) is 0 Å². The molecule has 0 bridgehead atoms. The van der Waals surface area contributed by atoms with E-state index in [1.165, 1.54) is 0 Å². The van der Waals surface area contributed by atoms with E-state index in [2.05, 4.69) is 14.1 Å². The number of fused-ring (bicyclic) bond motifs is 1. The number of aryl methyl sites for hydroxylation is 2. The summed E-state index contributed by atoms with van der Waals surface area (Å²) in [5, 5.41) is 2.97. The molecule has 0 spiro atoms. The van der Waals surface area contributed by atoms with Crippen LogP contribution >= 0.6 is 11.7 Å². The molecule has 0 unspecified atom stereocenters. The van der Waals surface area contributed by atoms with Crippen LogP contribution in [0.1, 0.15) is 21.5 Å². The highest BCUT2D eigenvalue weighted by atomic mass is 32.1. The molecule has 0 radical (unpaired) electrons. The van der Waals surface area contributed by atoms with Gasteiger partial charge in [-0.3, -0.25) is 4.79 Å². The van der Waals surface area contributed by atoms with Crippen molar-refractivity contribution in [3.8, 4) is 0 Å². The van der Waals surface area contributed by atoms with Gasteiger partial charge in [0.2, 0.25) is 0 Å². The van der Waals surface area contributed by atoms with Crippen LogP contribution in [0.15, 0.2) is 36.4 Å². The summed E-state index contributed by atoms with van der Waals surface area (Å²) >= 11 is 1.15. The van der Waals surface area contributed by atoms with Gasteiger partial charge in [0, 0.05) is 11.3 Å². The van der Waals surface area contributed by atoms with Gasteiger partial charge in [-0.1, -0.05) is 18.2 Å². The maximum atomic E-state index is 12.3. The van der Waals surface area contributed by atoms with E-state index in [-0.39, 0.29) is 5.91 Å². The Balaban J connectivity index is 1.92. The molecule has 0 saturated heterocycles. The van der Waals surface area contributed by atoms with Gasteiger partial charge in [0.15, 0.2) is 0 Å². The van der Waals surface area contributed by atoms with E-state index >= 15 is 0 Å². The minimum atomic E-state index is -0.127. The lowest BCUT2D eigenvalue weighted by molar-refractivity contribution is 0.102. The molecule has 1 heterocycles. The number of para-hydroxylation sites is 1. The van der Waals surface area contributed by atoms with Gasteiger partial charge < -0.3 is 5.32 Å². The lowest BCUT2D eigenvalue weighted by Gasteiger charge is -2.11. The fourth-order valence-corrected chi connectivity index (χ4v) is 2.64. The molecule has 0 fully saturated rings. The molecular weight excluding hydrogens is 270 g/mol. The molecule has 3 rings (SSSR count). The predicted octanol–water partition coefficient (Wildman–Crippen LogP) is 3.56. The molecule has 1 amide bonds. The minimum absolute atomic E-state index is 0.127. The number of amides is 1. The zero-order chi connectivity index (χ0) is 14.1. The third-order valence-corrected chi connectivity index (χ3v) is 3.79. The average molecular weight is 283 g/mol. The fraction of sp³-hybridized carbons (Fsp3) is 0.133. The number of aromatic nitrogens is 2. The number of benzene rings is 2. The van der Waals surface area contributed by atoms with Crippen LogP contribution in [0.25, 0.3) is 11.0 Å². The van der Waals surface area contributed by atoms with Crippen molar-refractivity contribution >= 4 is 34.4 Å². The number of nitrogens with zero attached hydrogens (tertiary/aromatic N) is 2. The summed E-state index contributed by atoms with van der Waals surface area (Å²) in [5.41, 5.74) is 5.13. The molecule has 0 aliphatic carbocycles. The second kappa shape index (κ2) is 5.02. The quantitative estimate of drug-likeness (QED) is 0.782. The van der Waals surface area contributed by atoms with E-state index in [0.717, 1.165) is 39.6 Å². The molecule has 100 valence electrons. The van der Waals surface area contributed by atoms with Gasteiger partial charge in [0.25, 0.3) is 5.91 Å². The summed E-state index contributed by atoms with van der Waals surface area (Å²) < 4.78 is 8.28. The summed E-state index contributed by atoms with van der Waals surface area (Å²) in [6.07, 6.45) is 0. The molecule has 3 aromatic rings. The molecule has 0 saturated carbocycles. The fourth-order valence-electron chi connectivity index (χ4n) is 2.12. The van der Waals surface area contributed by atoms with Crippen molar-refractivity contribution in [2.45, 2.75) is 13.8 Å². The van der Waals surface area contributed by atoms with Crippen molar-refractivity contribution in [3.63, 3.8) is 0 Å². The molecule has 20 heavy (non-hydrogen) atoms. The predicted molar refractivity (Wildman–Crippen MR) is 81.3 cm³/mol. The van der Waals surface area contributed by atoms with Crippen molar-refractivity contribution in [1.82, 2.24) is 8.75 Å². The zero-order valence-corrected chi connectivity index (χ0v) is 12.0. The van der Waals surface area contributed by atoms with Crippen LogP contribution in [0, 0.1) is 13.8 Å². The van der Waals surface area contributed by atoms with E-state index in [1.54, 1.807) is 12.1 Å². The van der Waals surface area contributed by atoms with Crippen molar-refractivity contribution < 1.29 is 4.79 Å². The number of rotatable bonds is 2. The van der Waals surface area contributed by atoms with Gasteiger partial charge in [-0.15, -0.1) is 0 Å². The van der Waals surface area contributed by atoms with Crippen molar-refractivity contribution in [2.24, 2.45) is 0 Å². The molecule has 5 heteroatoms. The third kappa shape index (κ3) is 2.28. The smallest absolute Gasteiger partial charge is 0.255 e. The van der Waals surface area contributed by atoms with Crippen molar-refractivity contribution in [1.29, 1.82) is 0 Å². The second-order valence-corrected chi connectivity index (χ2v) is 5.22. The van der Waals surface area contributed by atoms with Crippen LogP contribution in [0.3, 0.4) is 0 Å². The van der Waals surface area contributed by atoms with Crippen molar-refractivity contribution in [3.05, 3.63) is 53.1 Å². The molecule has 0 aliphatic heterocycles. The number of hydrogen-bond donors (Lipinski definition) is 1. The molecular formula is C15H13N3OS. The third-order valence-electron chi connectivity index (χ3n) is 3.24. The Bertz CT molecular complexity index is 774. The summed E-state index contributed by atoms with van der Waals surface area (Å²) in [4.78, 5) is 12.3. The normalized spacial score (nSPS) is 10.7. The Hall–Kier alpha value is -2.27. The molecule has 0 atom stereocenters. The maximum absolute atomic E-state index is 12.3. The van der Waals surface area contributed by atoms with Gasteiger partial charge in [0.05, 0.1) is 11.7 Å². The molecule has 1 aromatic heterocycles. The largest absolute Gasteiger partial charge is 0.322 e. The van der Waals surface area contributed by atoms with Gasteiger partial charge in [-0.25, -0.2) is 0 Å². The molecule has 4 nitrogen and oxygen atoms in total. The maximum Gasteiger partial charge on any atom is 0.255 e. The lowest BCUT2D eigenvalue weighted by Crippen LogP contribution is -2.13. The number of anilines is 1. The van der Waals surface area contributed by atoms with E-state index in [9.17, 15) is 4.79 Å². The highest BCUT2D eigenvalue weighted by Crippen LogP contribution is 2.21. The second-order valence-electron chi connectivity index (χ2n) is 4.69. The highest BCUT2D eigenvalue weighted by molar-refractivity contribution is 7.00. The molecule has 1 N–H and O–H groups in total. The zero-order valence-electron chi connectivity index (χ0n) is 11.2. The first-order valence-electron chi connectivity index (χ1n) is 6.25. The van der Waals surface area contributed by atoms with Crippen LogP contribution in [0.2, 0.25) is 0 Å². The van der Waals surface area contributed by atoms with Crippen LogP contribution in [-0.2, 0) is 0 Å². The van der Waals surface area contributed by atoms with Crippen LogP contribution in [0.4, 0.5) is 5.69 Å². The Morgan fingerprint density at radius 1 is 1.05 bits per heavy atom. The molecule has 0 aliphatic rings. The van der Waals surface area contributed by atoms with Gasteiger partial charge in [-0.2, -0.15) is 8.75 Å². The van der Waals surface area contributed by atoms with E-state index in [0.29, 0.717) is 5.56 Å². The number of carbonyl (C=O) groups excluding carboxylic acids is 1. The highest BCUT2D eigenvalue weighted by Gasteiger charge is 2.11. The van der Waals surface area contributed by atoms with Crippen LogP contribution in [-0.4, -0.2) is 14.7 Å². The van der Waals surface area contributed by atoms with Gasteiger partial charge in [-0.05, 0) is 43.2 Å². The van der Waals surface area contributed by atoms with Gasteiger partial charge in [0.1, 0.15) is 11.0 Å². The monoisotopic (exact) mass is 283 g/mol. The van der Waals surface area contributed by atoms with Gasteiger partial charge >= 0.3 is 0 Å². The lowest BCUT2D eigenvalue weighted by atomic mass is 10.1. The minimum Gasteiger partial charge on any atom is -0.322 e. The molecule has 2 aromatic carbocycles. The van der Waals surface area contributed by atoms with Crippen molar-refractivity contribution in [2.75, 3.05) is 5.32 Å². The Morgan fingerprint density at radius 3 is 2.50 bits per heavy atom. The first kappa shape index (κ1) is 12.7. The Kier molecular flexibility index (Phi) is 3.20. The number of carbonyl (C=O) groups is 1. The van der Waals surface area contributed by atoms with E-state index < -0.39 is 0 Å². The summed E-state index contributed by atoms with van der Waals surface area (Å²) in [6.45, 7) is 3.96. The van der Waals surface area contributed by atoms with Crippen LogP contribution < -0.4 is 5.32 Å². The standard InChI is InChI=1S/C15H13N3OS/c1-9-4-3-5-10(2)14(9)16-15(19)11-6-7-12-13(8-11)18-20-17-12/h3-8H,1-2H3,(H,16,19). The average Bonchev–Trinajstić information content (AvgIpc) is 2.90. The first-order valence-corrected chi connectivity index (χ1v) is 6.98. The summed E-state index contributed by atoms with van der Waals surface area (Å²) in [7, 11) is 0. The number of hydrogen-bond acceptors (Lipinski definition) is 4. The van der Waals surface area contributed by atoms with Crippen LogP contribution in [0.5, 0.6) is 0 Å². The first-order chi connectivity index (χ1) is 9.65. The Labute approximate surface area is 120 Å². The topological polar surface area (TPSA) is 54.9 Å². The SMILES string of the molecule is Cc1cccc(C)c1NC(=O)c1ccc2nsnc2c1. The number of nitrogens with one attached hydrogen (secondary N) is 1.